The molecule has 3 heterocycles. The lowest BCUT2D eigenvalue weighted by molar-refractivity contribution is -0.151. The number of hydrogen-bond acceptors (Lipinski definition) is 12. The Hall–Kier alpha value is -3.36. The van der Waals surface area contributed by atoms with Crippen molar-refractivity contribution < 1.29 is 37.4 Å². The highest BCUT2D eigenvalue weighted by molar-refractivity contribution is 7.54. The van der Waals surface area contributed by atoms with Gasteiger partial charge >= 0.3 is 13.6 Å². The number of aliphatic hydroxyl groups excluding tert-OH is 1. The largest absolute Gasteiger partial charge is 0.463 e. The standard InChI is InChI=1S/C26H36FN6O8P/c1-14(2)38-22(36)15(3)11-42(37,40-16-9-7-6-8-10-16)41-25(4,5)19-18(34)26(29,12-27)23(39-19)33-13-30-17-20(33)31-24(28)32-21(17)35/h6-10,13-15,18-19,23,34H,11-12,29H2,1-5H3,(H3,28,31,32,35)/t15-,18+,19+,23-,26?,42-/m1/s1. The molecular weight excluding hydrogens is 574 g/mol. The smallest absolute Gasteiger partial charge is 0.380 e. The minimum Gasteiger partial charge on any atom is -0.463 e. The number of benzene rings is 1. The molecule has 1 fully saturated rings. The van der Waals surface area contributed by atoms with Gasteiger partial charge in [0, 0.05) is 0 Å². The van der Waals surface area contributed by atoms with Gasteiger partial charge in [0.1, 0.15) is 35.8 Å². The fourth-order valence-electron chi connectivity index (χ4n) is 4.80. The van der Waals surface area contributed by atoms with E-state index in [0.29, 0.717) is 0 Å². The van der Waals surface area contributed by atoms with Crippen LogP contribution in [0.2, 0.25) is 0 Å². The minimum atomic E-state index is -4.20. The third-order valence-corrected chi connectivity index (χ3v) is 9.04. The highest BCUT2D eigenvalue weighted by Gasteiger charge is 2.61. The van der Waals surface area contributed by atoms with E-state index in [4.69, 9.17) is 30.0 Å². The van der Waals surface area contributed by atoms with Gasteiger partial charge in [0.15, 0.2) is 17.4 Å². The first-order valence-corrected chi connectivity index (χ1v) is 15.0. The van der Waals surface area contributed by atoms with E-state index in [-0.39, 0.29) is 29.0 Å². The molecule has 6 N–H and O–H groups in total. The maximum absolute atomic E-state index is 14.6. The second kappa shape index (κ2) is 11.7. The number of halogens is 1. The number of ether oxygens (including phenoxy) is 2. The number of anilines is 1. The third-order valence-electron chi connectivity index (χ3n) is 6.81. The normalized spacial score (nSPS) is 24.9. The molecule has 14 nitrogen and oxygen atoms in total. The van der Waals surface area contributed by atoms with Crippen molar-refractivity contribution in [2.45, 2.75) is 70.3 Å². The van der Waals surface area contributed by atoms with E-state index in [1.165, 1.54) is 31.7 Å². The van der Waals surface area contributed by atoms with Gasteiger partial charge in [-0.25, -0.2) is 13.9 Å². The number of aromatic nitrogens is 4. The Labute approximate surface area is 241 Å². The summed E-state index contributed by atoms with van der Waals surface area (Å²) in [5, 5.41) is 11.3. The summed E-state index contributed by atoms with van der Waals surface area (Å²) < 4.78 is 53.4. The molecule has 4 rings (SSSR count). The van der Waals surface area contributed by atoms with Gasteiger partial charge in [-0.15, -0.1) is 0 Å². The first-order valence-electron chi connectivity index (χ1n) is 13.3. The SMILES string of the molecule is CC(C)OC(=O)[C@H](C)C[P@@](=O)(Oc1ccccc1)OC(C)(C)[C@H]1O[C@@H](n2cnc3c(=O)[nH]c(N)nc32)C(N)(CF)[C@H]1O. The quantitative estimate of drug-likeness (QED) is 0.182. The molecule has 0 radical (unpaired) electrons. The number of aliphatic hydroxyl groups is 1. The number of para-hydroxylation sites is 1. The minimum absolute atomic E-state index is 0.0494. The second-order valence-electron chi connectivity index (χ2n) is 11.2. The summed E-state index contributed by atoms with van der Waals surface area (Å²) in [6, 6.07) is 8.20. The number of aromatic amines is 1. The Kier molecular flexibility index (Phi) is 8.82. The molecule has 0 bridgehead atoms. The van der Waals surface area contributed by atoms with Crippen LogP contribution in [0, 0.1) is 5.92 Å². The molecule has 0 saturated carbocycles. The molecule has 1 saturated heterocycles. The number of nitrogens with one attached hydrogen (secondary N) is 1. The van der Waals surface area contributed by atoms with E-state index >= 15 is 0 Å². The number of hydrogen-bond donors (Lipinski definition) is 4. The van der Waals surface area contributed by atoms with Crippen molar-refractivity contribution in [1.82, 2.24) is 19.5 Å². The average Bonchev–Trinajstić information content (AvgIpc) is 3.42. The zero-order chi connectivity index (χ0) is 31.0. The summed E-state index contributed by atoms with van der Waals surface area (Å²) in [5.74, 6) is -1.51. The fourth-order valence-corrected chi connectivity index (χ4v) is 7.07. The van der Waals surface area contributed by atoms with Gasteiger partial charge in [-0.05, 0) is 39.8 Å². The van der Waals surface area contributed by atoms with Crippen LogP contribution in [0.4, 0.5) is 10.3 Å². The van der Waals surface area contributed by atoms with Gasteiger partial charge in [0.2, 0.25) is 5.95 Å². The van der Waals surface area contributed by atoms with E-state index in [1.807, 2.05) is 0 Å². The Morgan fingerprint density at radius 1 is 1.31 bits per heavy atom. The maximum Gasteiger partial charge on any atom is 0.380 e. The van der Waals surface area contributed by atoms with Gasteiger partial charge in [-0.2, -0.15) is 4.98 Å². The van der Waals surface area contributed by atoms with Gasteiger partial charge < -0.3 is 30.6 Å². The van der Waals surface area contributed by atoms with Crippen molar-refractivity contribution >= 4 is 30.7 Å². The third kappa shape index (κ3) is 6.20. The zero-order valence-electron chi connectivity index (χ0n) is 23.9. The van der Waals surface area contributed by atoms with E-state index in [0.717, 1.165) is 0 Å². The summed E-state index contributed by atoms with van der Waals surface area (Å²) in [6.45, 7) is 6.57. The van der Waals surface area contributed by atoms with Crippen molar-refractivity contribution in [1.29, 1.82) is 0 Å². The average molecular weight is 611 g/mol. The van der Waals surface area contributed by atoms with Crippen LogP contribution in [0.3, 0.4) is 0 Å². The number of nitrogens with two attached hydrogens (primary N) is 2. The first kappa shape index (κ1) is 31.6. The van der Waals surface area contributed by atoms with Crippen molar-refractivity contribution in [3.63, 3.8) is 0 Å². The van der Waals surface area contributed by atoms with Gasteiger partial charge in [0.05, 0.1) is 24.5 Å². The Morgan fingerprint density at radius 2 is 1.98 bits per heavy atom. The van der Waals surface area contributed by atoms with Crippen molar-refractivity contribution in [3.8, 4) is 5.75 Å². The van der Waals surface area contributed by atoms with Gasteiger partial charge in [-0.1, -0.05) is 25.1 Å². The molecule has 6 atom stereocenters. The van der Waals surface area contributed by atoms with Crippen molar-refractivity contribution in [2.75, 3.05) is 18.6 Å². The van der Waals surface area contributed by atoms with Crippen molar-refractivity contribution in [2.24, 2.45) is 11.7 Å². The molecule has 1 unspecified atom stereocenters. The molecule has 2 aromatic heterocycles. The number of alkyl halides is 1. The van der Waals surface area contributed by atoms with Crippen molar-refractivity contribution in [3.05, 3.63) is 47.0 Å². The van der Waals surface area contributed by atoms with E-state index in [9.17, 15) is 23.7 Å². The predicted octanol–water partition coefficient (Wildman–Crippen LogP) is 2.28. The summed E-state index contributed by atoms with van der Waals surface area (Å²) in [7, 11) is -4.20. The number of H-pyrrole nitrogens is 1. The molecular formula is C26H36FN6O8P. The van der Waals surface area contributed by atoms with E-state index in [2.05, 4.69) is 15.0 Å². The number of rotatable bonds is 11. The van der Waals surface area contributed by atoms with Gasteiger partial charge in [0.25, 0.3) is 5.56 Å². The molecule has 3 aromatic rings. The van der Waals surface area contributed by atoms with Crippen LogP contribution in [0.1, 0.15) is 40.8 Å². The number of fused-ring (bicyclic) bond motifs is 1. The summed E-state index contributed by atoms with van der Waals surface area (Å²) in [5.41, 5.74) is 7.58. The maximum atomic E-state index is 14.6. The summed E-state index contributed by atoms with van der Waals surface area (Å²) in [6.07, 6.45) is -4.14. The molecule has 230 valence electrons. The summed E-state index contributed by atoms with van der Waals surface area (Å²) in [4.78, 5) is 35.3. The molecule has 0 spiro atoms. The number of esters is 1. The molecule has 0 amide bonds. The number of nitrogens with zero attached hydrogens (tertiary/aromatic N) is 3. The van der Waals surface area contributed by atoms with Crippen LogP contribution in [0.15, 0.2) is 41.5 Å². The monoisotopic (exact) mass is 610 g/mol. The molecule has 1 aromatic carbocycles. The Bertz CT molecular complexity index is 1530. The number of carbonyl (C=O) groups excluding carboxylic acids is 1. The van der Waals surface area contributed by atoms with Crippen LogP contribution in [-0.4, -0.2) is 72.9 Å². The predicted molar refractivity (Wildman–Crippen MR) is 150 cm³/mol. The Balaban J connectivity index is 1.68. The second-order valence-corrected chi connectivity index (χ2v) is 13.1. The van der Waals surface area contributed by atoms with Crippen LogP contribution >= 0.6 is 7.60 Å². The number of carbonyl (C=O) groups is 1. The lowest BCUT2D eigenvalue weighted by Crippen LogP contribution is -2.58. The molecule has 1 aliphatic heterocycles. The topological polar surface area (TPSA) is 207 Å². The first-order chi connectivity index (χ1) is 19.6. The van der Waals surface area contributed by atoms with E-state index < -0.39 is 67.4 Å². The number of imidazole rings is 1. The molecule has 0 aliphatic carbocycles. The lowest BCUT2D eigenvalue weighted by atomic mass is 9.86. The zero-order valence-corrected chi connectivity index (χ0v) is 24.8. The lowest BCUT2D eigenvalue weighted by Gasteiger charge is -2.37. The van der Waals surface area contributed by atoms with E-state index in [1.54, 1.807) is 44.2 Å². The van der Waals surface area contributed by atoms with Crippen LogP contribution < -0.4 is 21.6 Å². The highest BCUT2D eigenvalue weighted by atomic mass is 31.2. The van der Waals surface area contributed by atoms with Crippen LogP contribution in [0.5, 0.6) is 5.75 Å². The van der Waals surface area contributed by atoms with Crippen LogP contribution in [-0.2, 0) is 23.4 Å². The Morgan fingerprint density at radius 3 is 2.60 bits per heavy atom. The van der Waals surface area contributed by atoms with Crippen LogP contribution in [0.25, 0.3) is 11.2 Å². The van der Waals surface area contributed by atoms with Gasteiger partial charge in [-0.3, -0.25) is 23.7 Å². The molecule has 16 heteroatoms. The molecule has 42 heavy (non-hydrogen) atoms. The summed E-state index contributed by atoms with van der Waals surface area (Å²) >= 11 is 0. The highest BCUT2D eigenvalue weighted by Crippen LogP contribution is 2.55. The fraction of sp³-hybridized carbons (Fsp3) is 0.538. The molecule has 1 aliphatic rings. The number of nitrogen functional groups attached to an aromatic ring is 1.